The number of rotatable bonds is 8. The van der Waals surface area contributed by atoms with Gasteiger partial charge in [-0.15, -0.1) is 6.58 Å². The molecule has 0 bridgehead atoms. The van der Waals surface area contributed by atoms with E-state index in [4.69, 9.17) is 0 Å². The van der Waals surface area contributed by atoms with Gasteiger partial charge in [-0.3, -0.25) is 0 Å². The largest absolute Gasteiger partial charge is 0.280 e. The van der Waals surface area contributed by atoms with Gasteiger partial charge in [-0.05, 0) is 65.5 Å². The molecule has 0 aromatic heterocycles. The summed E-state index contributed by atoms with van der Waals surface area (Å²) in [5.74, 6) is -4.91. The van der Waals surface area contributed by atoms with Gasteiger partial charge >= 0.3 is 0 Å². The van der Waals surface area contributed by atoms with Crippen molar-refractivity contribution in [2.45, 2.75) is 57.8 Å². The standard InChI is InChI=1S/C29H28F4/c1-3-5-7-19-8-10-20(11-9-19)12-13-22-15-17-24-23-16-14-21(6-4-2)27(30)25(23)18-29(32,33)26(24)28(22)31/h3,8-11,14-17H,1,4-7,12-13,18H2,2H3. The summed E-state index contributed by atoms with van der Waals surface area (Å²) in [5, 5.41) is 0. The second-order valence-corrected chi connectivity index (χ2v) is 8.80. The lowest BCUT2D eigenvalue weighted by atomic mass is 9.80. The summed E-state index contributed by atoms with van der Waals surface area (Å²) in [6.45, 7) is 5.64. The van der Waals surface area contributed by atoms with Gasteiger partial charge in [-0.25, -0.2) is 17.6 Å². The molecule has 0 heterocycles. The third-order valence-electron chi connectivity index (χ3n) is 6.46. The van der Waals surface area contributed by atoms with Crippen LogP contribution in [-0.4, -0.2) is 0 Å². The third-order valence-corrected chi connectivity index (χ3v) is 6.46. The second kappa shape index (κ2) is 9.54. The van der Waals surface area contributed by atoms with Crippen LogP contribution in [0.5, 0.6) is 0 Å². The highest BCUT2D eigenvalue weighted by atomic mass is 19.3. The molecule has 0 saturated heterocycles. The van der Waals surface area contributed by atoms with E-state index >= 15 is 13.2 Å². The lowest BCUT2D eigenvalue weighted by Gasteiger charge is -2.29. The van der Waals surface area contributed by atoms with Crippen LogP contribution in [0.3, 0.4) is 0 Å². The van der Waals surface area contributed by atoms with E-state index in [1.807, 2.05) is 37.3 Å². The van der Waals surface area contributed by atoms with Crippen molar-refractivity contribution in [1.29, 1.82) is 0 Å². The minimum Gasteiger partial charge on any atom is -0.206 e. The van der Waals surface area contributed by atoms with Crippen LogP contribution in [0.1, 0.15) is 53.1 Å². The average molecular weight is 453 g/mol. The Morgan fingerprint density at radius 2 is 1.39 bits per heavy atom. The zero-order valence-corrected chi connectivity index (χ0v) is 18.9. The Morgan fingerprint density at radius 3 is 2.03 bits per heavy atom. The molecular weight excluding hydrogens is 424 g/mol. The summed E-state index contributed by atoms with van der Waals surface area (Å²) < 4.78 is 60.5. The lowest BCUT2D eigenvalue weighted by Crippen LogP contribution is -2.26. The molecule has 0 spiro atoms. The maximum atomic E-state index is 15.4. The molecule has 0 unspecified atom stereocenters. The first-order valence-electron chi connectivity index (χ1n) is 11.5. The van der Waals surface area contributed by atoms with Gasteiger partial charge in [0.15, 0.2) is 0 Å². The highest BCUT2D eigenvalue weighted by Crippen LogP contribution is 2.48. The monoisotopic (exact) mass is 452 g/mol. The predicted molar refractivity (Wildman–Crippen MR) is 126 cm³/mol. The fraction of sp³-hybridized carbons (Fsp3) is 0.310. The first kappa shape index (κ1) is 23.3. The summed E-state index contributed by atoms with van der Waals surface area (Å²) >= 11 is 0. The van der Waals surface area contributed by atoms with Crippen LogP contribution in [-0.2, 0) is 38.0 Å². The van der Waals surface area contributed by atoms with Gasteiger partial charge < -0.3 is 0 Å². The molecule has 0 aliphatic heterocycles. The van der Waals surface area contributed by atoms with Gasteiger partial charge in [0.2, 0.25) is 0 Å². The van der Waals surface area contributed by atoms with Crippen molar-refractivity contribution in [3.63, 3.8) is 0 Å². The van der Waals surface area contributed by atoms with Crippen molar-refractivity contribution in [3.05, 3.63) is 106 Å². The van der Waals surface area contributed by atoms with Gasteiger partial charge in [0.1, 0.15) is 11.6 Å². The number of alkyl halides is 2. The molecule has 0 saturated carbocycles. The Balaban J connectivity index is 1.62. The molecule has 3 aromatic rings. The maximum absolute atomic E-state index is 15.4. The Morgan fingerprint density at radius 1 is 0.788 bits per heavy atom. The molecule has 4 rings (SSSR count). The number of halogens is 4. The zero-order valence-electron chi connectivity index (χ0n) is 18.9. The molecule has 4 heteroatoms. The molecule has 0 radical (unpaired) electrons. The second-order valence-electron chi connectivity index (χ2n) is 8.80. The van der Waals surface area contributed by atoms with E-state index in [9.17, 15) is 4.39 Å². The normalized spacial score (nSPS) is 14.0. The fourth-order valence-corrected chi connectivity index (χ4v) is 4.68. The molecule has 0 amide bonds. The van der Waals surface area contributed by atoms with Crippen LogP contribution < -0.4 is 0 Å². The van der Waals surface area contributed by atoms with Crippen molar-refractivity contribution < 1.29 is 17.6 Å². The van der Waals surface area contributed by atoms with Crippen LogP contribution in [0.25, 0.3) is 11.1 Å². The number of hydrogen-bond acceptors (Lipinski definition) is 0. The van der Waals surface area contributed by atoms with E-state index in [0.717, 1.165) is 24.8 Å². The number of aryl methyl sites for hydroxylation is 4. The fourth-order valence-electron chi connectivity index (χ4n) is 4.68. The van der Waals surface area contributed by atoms with Crippen molar-refractivity contribution >= 4 is 0 Å². The first-order chi connectivity index (χ1) is 15.9. The van der Waals surface area contributed by atoms with Gasteiger partial charge in [0.05, 0.1) is 5.56 Å². The van der Waals surface area contributed by atoms with Crippen LogP contribution in [0.15, 0.2) is 61.2 Å². The molecule has 0 fully saturated rings. The molecule has 3 aromatic carbocycles. The Kier molecular flexibility index (Phi) is 6.73. The topological polar surface area (TPSA) is 0 Å². The third kappa shape index (κ3) is 4.62. The molecule has 172 valence electrons. The molecule has 1 aliphatic rings. The van der Waals surface area contributed by atoms with Crippen molar-refractivity contribution in [2.24, 2.45) is 0 Å². The van der Waals surface area contributed by atoms with Crippen LogP contribution in [0.4, 0.5) is 17.6 Å². The minimum atomic E-state index is -3.46. The van der Waals surface area contributed by atoms with Gasteiger partial charge in [-0.1, -0.05) is 68.0 Å². The van der Waals surface area contributed by atoms with Crippen LogP contribution in [0.2, 0.25) is 0 Å². The highest BCUT2D eigenvalue weighted by Gasteiger charge is 2.43. The van der Waals surface area contributed by atoms with Gasteiger partial charge in [-0.2, -0.15) is 0 Å². The summed E-state index contributed by atoms with van der Waals surface area (Å²) in [6.07, 6.45) is 4.95. The molecule has 33 heavy (non-hydrogen) atoms. The maximum Gasteiger partial charge on any atom is 0.280 e. The Labute approximate surface area is 193 Å². The number of fused-ring (bicyclic) bond motifs is 3. The summed E-state index contributed by atoms with van der Waals surface area (Å²) in [7, 11) is 0. The van der Waals surface area contributed by atoms with E-state index in [2.05, 4.69) is 6.58 Å². The average Bonchev–Trinajstić information content (AvgIpc) is 2.79. The predicted octanol–water partition coefficient (Wildman–Crippen LogP) is 8.14. The number of benzene rings is 3. The lowest BCUT2D eigenvalue weighted by molar-refractivity contribution is -0.00930. The first-order valence-corrected chi connectivity index (χ1v) is 11.5. The van der Waals surface area contributed by atoms with Gasteiger partial charge in [0, 0.05) is 12.0 Å². The SMILES string of the molecule is C=CCCc1ccc(CCc2ccc3c(c2F)C(F)(F)Cc2c-3ccc(CCC)c2F)cc1. The zero-order chi connectivity index (χ0) is 23.6. The van der Waals surface area contributed by atoms with Gasteiger partial charge in [0.25, 0.3) is 5.92 Å². The minimum absolute atomic E-state index is 0.0119. The van der Waals surface area contributed by atoms with E-state index in [-0.39, 0.29) is 16.7 Å². The van der Waals surface area contributed by atoms with Crippen molar-refractivity contribution in [2.75, 3.05) is 0 Å². The quantitative estimate of drug-likeness (QED) is 0.239. The Hall–Kier alpha value is -2.88. The summed E-state index contributed by atoms with van der Waals surface area (Å²) in [4.78, 5) is 0. The molecule has 0 nitrogen and oxygen atoms in total. The van der Waals surface area contributed by atoms with E-state index in [1.165, 1.54) is 11.6 Å². The smallest absolute Gasteiger partial charge is 0.206 e. The molecule has 1 aliphatic carbocycles. The van der Waals surface area contributed by atoms with E-state index in [0.29, 0.717) is 30.4 Å². The van der Waals surface area contributed by atoms with Crippen LogP contribution >= 0.6 is 0 Å². The number of allylic oxidation sites excluding steroid dienone is 1. The highest BCUT2D eigenvalue weighted by molar-refractivity contribution is 5.75. The summed E-state index contributed by atoms with van der Waals surface area (Å²) in [5.41, 5.74) is 2.77. The molecule has 0 N–H and O–H groups in total. The molecule has 0 atom stereocenters. The van der Waals surface area contributed by atoms with Crippen LogP contribution in [0, 0.1) is 11.6 Å². The molecular formula is C29H28F4. The van der Waals surface area contributed by atoms with E-state index in [1.54, 1.807) is 18.2 Å². The van der Waals surface area contributed by atoms with E-state index < -0.39 is 29.5 Å². The number of hydrogen-bond donors (Lipinski definition) is 0. The van der Waals surface area contributed by atoms with Crippen molar-refractivity contribution in [1.82, 2.24) is 0 Å². The Bertz CT molecular complexity index is 1160. The van der Waals surface area contributed by atoms with Crippen molar-refractivity contribution in [3.8, 4) is 11.1 Å². The summed E-state index contributed by atoms with van der Waals surface area (Å²) in [6, 6.07) is 14.4.